The van der Waals surface area contributed by atoms with Crippen molar-refractivity contribution in [1.29, 1.82) is 0 Å². The van der Waals surface area contributed by atoms with Gasteiger partial charge >= 0.3 is 6.18 Å². The fourth-order valence-corrected chi connectivity index (χ4v) is 5.87. The van der Waals surface area contributed by atoms with Crippen molar-refractivity contribution in [3.63, 3.8) is 0 Å². The van der Waals surface area contributed by atoms with Crippen LogP contribution in [0.4, 0.5) is 33.3 Å². The predicted octanol–water partition coefficient (Wildman–Crippen LogP) is 6.50. The van der Waals surface area contributed by atoms with E-state index in [1.807, 2.05) is 66.4 Å². The molecule has 3 nitrogen and oxygen atoms in total. The second kappa shape index (κ2) is 9.88. The highest BCUT2D eigenvalue weighted by molar-refractivity contribution is 5.67. The molecule has 0 aliphatic carbocycles. The number of aryl methyl sites for hydroxylation is 1. The Hall–Kier alpha value is -3.13. The summed E-state index contributed by atoms with van der Waals surface area (Å²) in [5.74, 6) is -2.64. The number of fused-ring (bicyclic) bond motifs is 1. The molecule has 0 saturated carbocycles. The summed E-state index contributed by atoms with van der Waals surface area (Å²) in [6.45, 7) is 2.23. The number of halogens is 5. The van der Waals surface area contributed by atoms with Gasteiger partial charge in [-0.25, -0.2) is 8.78 Å². The van der Waals surface area contributed by atoms with Crippen LogP contribution in [-0.4, -0.2) is 49.5 Å². The van der Waals surface area contributed by atoms with Crippen LogP contribution in [0.1, 0.15) is 35.1 Å². The number of rotatable bonds is 6. The molecule has 2 heterocycles. The van der Waals surface area contributed by atoms with E-state index in [0.29, 0.717) is 12.1 Å². The molecule has 2 aliphatic heterocycles. The van der Waals surface area contributed by atoms with Crippen molar-refractivity contribution in [2.75, 3.05) is 36.0 Å². The first-order valence-electron chi connectivity index (χ1n) is 12.9. The number of para-hydroxylation sites is 1. The lowest BCUT2D eigenvalue weighted by atomic mass is 9.71. The van der Waals surface area contributed by atoms with Crippen LogP contribution in [0, 0.1) is 6.92 Å². The lowest BCUT2D eigenvalue weighted by molar-refractivity contribution is -0.200. The molecule has 3 aromatic carbocycles. The Kier molecular flexibility index (Phi) is 6.88. The van der Waals surface area contributed by atoms with E-state index in [0.717, 1.165) is 27.9 Å². The van der Waals surface area contributed by atoms with Gasteiger partial charge in [0.05, 0.1) is 6.54 Å². The fourth-order valence-electron chi connectivity index (χ4n) is 5.87. The Labute approximate surface area is 219 Å². The van der Waals surface area contributed by atoms with Gasteiger partial charge in [0.1, 0.15) is 0 Å². The van der Waals surface area contributed by atoms with Gasteiger partial charge in [0, 0.05) is 49.3 Å². The highest BCUT2D eigenvalue weighted by atomic mass is 19.4. The van der Waals surface area contributed by atoms with E-state index < -0.39 is 30.2 Å². The van der Waals surface area contributed by atoms with Crippen LogP contribution in [-0.2, 0) is 11.8 Å². The molecule has 8 heteroatoms. The molecule has 2 atom stereocenters. The Morgan fingerprint density at radius 1 is 0.921 bits per heavy atom. The molecule has 0 aromatic heterocycles. The van der Waals surface area contributed by atoms with Crippen molar-refractivity contribution in [2.24, 2.45) is 0 Å². The SMILES string of the molecule is Cc1cccc(C2(Cc3cccc(N4CCC(F)(F)CC4)c3)CN(C[C@@H](O)C(F)(F)F)c3ccccc32)c1. The normalized spacial score (nSPS) is 21.9. The first kappa shape index (κ1) is 26.5. The van der Waals surface area contributed by atoms with Gasteiger partial charge in [-0.1, -0.05) is 60.2 Å². The van der Waals surface area contributed by atoms with Crippen molar-refractivity contribution >= 4 is 11.4 Å². The first-order chi connectivity index (χ1) is 18.0. The molecule has 0 radical (unpaired) electrons. The first-order valence-corrected chi connectivity index (χ1v) is 12.9. The van der Waals surface area contributed by atoms with E-state index in [1.165, 1.54) is 0 Å². The van der Waals surface area contributed by atoms with Gasteiger partial charge in [-0.15, -0.1) is 0 Å². The third-order valence-electron chi connectivity index (χ3n) is 7.84. The number of aliphatic hydroxyl groups is 1. The van der Waals surface area contributed by atoms with Gasteiger partial charge in [-0.2, -0.15) is 13.2 Å². The van der Waals surface area contributed by atoms with E-state index >= 15 is 0 Å². The van der Waals surface area contributed by atoms with E-state index in [9.17, 15) is 27.1 Å². The Morgan fingerprint density at radius 3 is 2.34 bits per heavy atom. The van der Waals surface area contributed by atoms with Crippen LogP contribution in [0.2, 0.25) is 0 Å². The molecule has 1 N–H and O–H groups in total. The molecule has 1 unspecified atom stereocenters. The average molecular weight is 531 g/mol. The summed E-state index contributed by atoms with van der Waals surface area (Å²) in [5.41, 5.74) is 4.77. The van der Waals surface area contributed by atoms with E-state index in [4.69, 9.17) is 0 Å². The predicted molar refractivity (Wildman–Crippen MR) is 139 cm³/mol. The van der Waals surface area contributed by atoms with Crippen molar-refractivity contribution in [1.82, 2.24) is 0 Å². The van der Waals surface area contributed by atoms with E-state index in [1.54, 1.807) is 17.0 Å². The third-order valence-corrected chi connectivity index (χ3v) is 7.84. The summed E-state index contributed by atoms with van der Waals surface area (Å²) >= 11 is 0. The highest BCUT2D eigenvalue weighted by Gasteiger charge is 2.47. The quantitative estimate of drug-likeness (QED) is 0.369. The van der Waals surface area contributed by atoms with Gasteiger partial charge in [0.15, 0.2) is 6.10 Å². The zero-order chi connectivity index (χ0) is 27.1. The van der Waals surface area contributed by atoms with Crippen molar-refractivity contribution in [2.45, 2.75) is 49.8 Å². The lowest BCUT2D eigenvalue weighted by Crippen LogP contribution is -2.44. The third kappa shape index (κ3) is 5.23. The summed E-state index contributed by atoms with van der Waals surface area (Å²) in [7, 11) is 0. The summed E-state index contributed by atoms with van der Waals surface area (Å²) in [6.07, 6.45) is -7.06. The lowest BCUT2D eigenvalue weighted by Gasteiger charge is -2.35. The maximum Gasteiger partial charge on any atom is 0.416 e. The summed E-state index contributed by atoms with van der Waals surface area (Å²) in [5, 5.41) is 9.94. The minimum absolute atomic E-state index is 0.186. The topological polar surface area (TPSA) is 26.7 Å². The summed E-state index contributed by atoms with van der Waals surface area (Å²) < 4.78 is 67.5. The largest absolute Gasteiger partial charge is 0.416 e. The highest BCUT2D eigenvalue weighted by Crippen LogP contribution is 2.48. The van der Waals surface area contributed by atoms with Crippen LogP contribution in [0.15, 0.2) is 72.8 Å². The van der Waals surface area contributed by atoms with Gasteiger partial charge < -0.3 is 14.9 Å². The molecule has 1 fully saturated rings. The van der Waals surface area contributed by atoms with Gasteiger partial charge in [-0.05, 0) is 48.2 Å². The Balaban J connectivity index is 1.54. The molecule has 38 heavy (non-hydrogen) atoms. The Morgan fingerprint density at radius 2 is 1.63 bits per heavy atom. The van der Waals surface area contributed by atoms with Gasteiger partial charge in [0.2, 0.25) is 0 Å². The van der Waals surface area contributed by atoms with Crippen LogP contribution in [0.5, 0.6) is 0 Å². The molecular weight excluding hydrogens is 499 g/mol. The molecule has 0 bridgehead atoms. The van der Waals surface area contributed by atoms with Crippen molar-refractivity contribution in [3.05, 3.63) is 95.1 Å². The van der Waals surface area contributed by atoms with E-state index in [-0.39, 0.29) is 32.5 Å². The second-order valence-electron chi connectivity index (χ2n) is 10.6. The maximum absolute atomic E-state index is 13.7. The number of hydrogen-bond donors (Lipinski definition) is 1. The van der Waals surface area contributed by atoms with Gasteiger partial charge in [0.25, 0.3) is 5.92 Å². The van der Waals surface area contributed by atoms with Gasteiger partial charge in [-0.3, -0.25) is 0 Å². The minimum atomic E-state index is -4.72. The number of β-amino-alcohol motifs (C(OH)–C–C–N with tert-alkyl or cyclic N) is 1. The van der Waals surface area contributed by atoms with Crippen LogP contribution < -0.4 is 9.80 Å². The number of hydrogen-bond acceptors (Lipinski definition) is 3. The number of aliphatic hydroxyl groups excluding tert-OH is 1. The standard InChI is InChI=1S/C30H31F5N2O/c1-21-6-4-8-23(16-21)28(18-22-7-5-9-24(17-22)36-14-12-29(31,32)13-15-36)20-37(19-27(38)30(33,34)35)26-11-3-2-10-25(26)28/h2-11,16-17,27,38H,12-15,18-20H2,1H3/t27-,28?/m1/s1. The number of alkyl halides is 5. The number of anilines is 2. The van der Waals surface area contributed by atoms with Crippen molar-refractivity contribution in [3.8, 4) is 0 Å². The number of nitrogens with zero attached hydrogens (tertiary/aromatic N) is 2. The van der Waals surface area contributed by atoms with Crippen LogP contribution in [0.25, 0.3) is 0 Å². The molecule has 202 valence electrons. The maximum atomic E-state index is 13.7. The van der Waals surface area contributed by atoms with E-state index in [2.05, 4.69) is 6.07 Å². The number of piperidine rings is 1. The Bertz CT molecular complexity index is 1280. The molecule has 3 aromatic rings. The summed E-state index contributed by atoms with van der Waals surface area (Å²) in [6, 6.07) is 23.3. The zero-order valence-corrected chi connectivity index (χ0v) is 21.2. The molecule has 2 aliphatic rings. The van der Waals surface area contributed by atoms with Crippen LogP contribution in [0.3, 0.4) is 0 Å². The second-order valence-corrected chi connectivity index (χ2v) is 10.6. The molecule has 1 saturated heterocycles. The molecular formula is C30H31F5N2O. The zero-order valence-electron chi connectivity index (χ0n) is 21.2. The molecule has 0 spiro atoms. The fraction of sp³-hybridized carbons (Fsp3) is 0.400. The minimum Gasteiger partial charge on any atom is -0.382 e. The van der Waals surface area contributed by atoms with Crippen LogP contribution >= 0.6 is 0 Å². The summed E-state index contributed by atoms with van der Waals surface area (Å²) in [4.78, 5) is 3.60. The molecule has 5 rings (SSSR count). The van der Waals surface area contributed by atoms with Crippen molar-refractivity contribution < 1.29 is 27.1 Å². The average Bonchev–Trinajstić information content (AvgIpc) is 3.18. The molecule has 0 amide bonds. The number of benzene rings is 3. The smallest absolute Gasteiger partial charge is 0.382 e. The monoisotopic (exact) mass is 530 g/mol.